The van der Waals surface area contributed by atoms with E-state index < -0.39 is 38.4 Å². The molecule has 0 saturated heterocycles. The number of nitro benzene ring substituents is 1. The SMILES string of the molecule is Cn1c(=O)c(-c2[nH][nH]c(=O)c2NNc2c(Br)cc(N([O-])O)cc2[N+](=O)[O-])c([O-])c2ccccc21. The number of aromatic nitrogens is 3. The van der Waals surface area contributed by atoms with Crippen LogP contribution in [0.3, 0.4) is 0 Å². The van der Waals surface area contributed by atoms with E-state index in [0.717, 1.165) is 12.1 Å². The number of hydrazine groups is 1. The summed E-state index contributed by atoms with van der Waals surface area (Å²) in [4.78, 5) is 36.0. The van der Waals surface area contributed by atoms with Crippen LogP contribution in [-0.2, 0) is 7.05 Å². The summed E-state index contributed by atoms with van der Waals surface area (Å²) >= 11 is 3.06. The minimum absolute atomic E-state index is 0.00116. The Hall–Kier alpha value is -4.34. The zero-order valence-electron chi connectivity index (χ0n) is 17.1. The van der Waals surface area contributed by atoms with Crippen molar-refractivity contribution < 1.29 is 15.2 Å². The molecule has 4 rings (SSSR count). The molecule has 34 heavy (non-hydrogen) atoms. The fraction of sp³-hybridized carbons (Fsp3) is 0.0526. The minimum Gasteiger partial charge on any atom is -0.871 e. The number of hydrogen-bond donors (Lipinski definition) is 5. The summed E-state index contributed by atoms with van der Waals surface area (Å²) in [5.41, 5.74) is 1.93. The lowest BCUT2D eigenvalue weighted by Gasteiger charge is -2.22. The molecule has 2 aromatic carbocycles. The van der Waals surface area contributed by atoms with E-state index in [9.17, 15) is 30.0 Å². The highest BCUT2D eigenvalue weighted by Gasteiger charge is 2.22. The second-order valence-electron chi connectivity index (χ2n) is 7.02. The molecule has 0 bridgehead atoms. The quantitative estimate of drug-likeness (QED) is 0.180. The molecule has 5 N–H and O–H groups in total. The number of pyridine rings is 1. The van der Waals surface area contributed by atoms with Gasteiger partial charge in [-0.25, -0.2) is 0 Å². The molecule has 176 valence electrons. The lowest BCUT2D eigenvalue weighted by atomic mass is 10.1. The number of nitro groups is 1. The molecule has 0 aliphatic rings. The average Bonchev–Trinajstić information content (AvgIpc) is 3.16. The molecule has 0 atom stereocenters. The predicted octanol–water partition coefficient (Wildman–Crippen LogP) is 2.10. The maximum Gasteiger partial charge on any atom is 0.297 e. The molecule has 14 nitrogen and oxygen atoms in total. The summed E-state index contributed by atoms with van der Waals surface area (Å²) in [6.07, 6.45) is 0. The minimum atomic E-state index is -0.821. The number of benzene rings is 2. The largest absolute Gasteiger partial charge is 0.871 e. The lowest BCUT2D eigenvalue weighted by Crippen LogP contribution is -2.23. The van der Waals surface area contributed by atoms with E-state index in [2.05, 4.69) is 37.0 Å². The van der Waals surface area contributed by atoms with Gasteiger partial charge in [-0.1, -0.05) is 23.9 Å². The van der Waals surface area contributed by atoms with Gasteiger partial charge >= 0.3 is 0 Å². The van der Waals surface area contributed by atoms with E-state index in [1.165, 1.54) is 11.6 Å². The van der Waals surface area contributed by atoms with Crippen molar-refractivity contribution in [1.29, 1.82) is 0 Å². The van der Waals surface area contributed by atoms with Gasteiger partial charge in [-0.05, 0) is 33.4 Å². The van der Waals surface area contributed by atoms with Crippen molar-refractivity contribution in [2.24, 2.45) is 7.05 Å². The molecule has 0 radical (unpaired) electrons. The molecular formula is C19H14BrN7O7-2. The Balaban J connectivity index is 1.81. The van der Waals surface area contributed by atoms with Crippen molar-refractivity contribution >= 4 is 49.6 Å². The Labute approximate surface area is 196 Å². The van der Waals surface area contributed by atoms with E-state index in [-0.39, 0.29) is 32.5 Å². The van der Waals surface area contributed by atoms with Crippen LogP contribution in [0.2, 0.25) is 0 Å². The van der Waals surface area contributed by atoms with Crippen LogP contribution in [0.5, 0.6) is 5.75 Å². The molecule has 0 fully saturated rings. The van der Waals surface area contributed by atoms with Crippen molar-refractivity contribution in [3.05, 3.63) is 76.9 Å². The number of aryl methyl sites for hydroxylation is 1. The predicted molar refractivity (Wildman–Crippen MR) is 125 cm³/mol. The lowest BCUT2D eigenvalue weighted by molar-refractivity contribution is -0.383. The first-order valence-corrected chi connectivity index (χ1v) is 10.2. The second-order valence-corrected chi connectivity index (χ2v) is 7.87. The van der Waals surface area contributed by atoms with Gasteiger partial charge in [-0.3, -0.25) is 46.0 Å². The standard InChI is InChI=1S/C19H15BrN7O7/c1-25-11-5-3-2-4-9(11)17(28)13(19(25)30)15-16(18(29)24-22-15)23-21-14-10(20)6-8(26(31)32)7-12(14)27(33)34/h2-7,21,23,28,31H,1H3,(H2,22,24,29)/q-1/p-1. The van der Waals surface area contributed by atoms with Crippen LogP contribution in [0.25, 0.3) is 22.2 Å². The molecule has 0 aliphatic carbocycles. The number of rotatable bonds is 6. The van der Waals surface area contributed by atoms with Crippen LogP contribution in [0, 0.1) is 15.3 Å². The Morgan fingerprint density at radius 1 is 1.15 bits per heavy atom. The van der Waals surface area contributed by atoms with Crippen molar-refractivity contribution in [2.45, 2.75) is 0 Å². The normalized spacial score (nSPS) is 10.9. The monoisotopic (exact) mass is 531 g/mol. The molecule has 2 aromatic heterocycles. The molecule has 2 heterocycles. The first kappa shape index (κ1) is 22.8. The van der Waals surface area contributed by atoms with Crippen molar-refractivity contribution in [3.8, 4) is 17.0 Å². The van der Waals surface area contributed by atoms with Crippen LogP contribution in [-0.4, -0.2) is 24.9 Å². The van der Waals surface area contributed by atoms with Crippen molar-refractivity contribution in [2.75, 3.05) is 16.1 Å². The van der Waals surface area contributed by atoms with E-state index >= 15 is 0 Å². The van der Waals surface area contributed by atoms with Gasteiger partial charge in [0.2, 0.25) is 0 Å². The second kappa shape index (κ2) is 8.54. The number of anilines is 3. The first-order valence-electron chi connectivity index (χ1n) is 9.37. The highest BCUT2D eigenvalue weighted by Crippen LogP contribution is 2.37. The van der Waals surface area contributed by atoms with Crippen LogP contribution in [0.1, 0.15) is 0 Å². The molecule has 0 amide bonds. The molecule has 15 heteroatoms. The molecule has 0 spiro atoms. The van der Waals surface area contributed by atoms with Gasteiger partial charge in [-0.15, -0.1) is 0 Å². The van der Waals surface area contributed by atoms with Gasteiger partial charge in [0.25, 0.3) is 16.8 Å². The third-order valence-electron chi connectivity index (χ3n) is 5.07. The first-order chi connectivity index (χ1) is 16.1. The van der Waals surface area contributed by atoms with Gasteiger partial charge in [0.05, 0.1) is 31.9 Å². The third kappa shape index (κ3) is 3.72. The number of fused-ring (bicyclic) bond motifs is 1. The zero-order valence-corrected chi connectivity index (χ0v) is 18.7. The van der Waals surface area contributed by atoms with Gasteiger partial charge < -0.3 is 20.1 Å². The number of H-pyrrole nitrogens is 2. The summed E-state index contributed by atoms with van der Waals surface area (Å²) in [5, 5.41) is 49.2. The van der Waals surface area contributed by atoms with E-state index in [0.29, 0.717) is 5.52 Å². The topological polar surface area (TPSA) is 207 Å². The number of aromatic amines is 2. The van der Waals surface area contributed by atoms with Crippen LogP contribution in [0.4, 0.5) is 22.7 Å². The molecule has 0 saturated carbocycles. The van der Waals surface area contributed by atoms with E-state index in [1.807, 2.05) is 0 Å². The highest BCUT2D eigenvalue weighted by molar-refractivity contribution is 9.10. The Bertz CT molecular complexity index is 1560. The van der Waals surface area contributed by atoms with Crippen molar-refractivity contribution in [1.82, 2.24) is 14.8 Å². The number of nitrogens with zero attached hydrogens (tertiary/aromatic N) is 3. The van der Waals surface area contributed by atoms with Crippen LogP contribution >= 0.6 is 15.9 Å². The van der Waals surface area contributed by atoms with Gasteiger partial charge in [0, 0.05) is 13.1 Å². The number of nitrogens with one attached hydrogen (secondary N) is 4. The molecular weight excluding hydrogens is 518 g/mol. The summed E-state index contributed by atoms with van der Waals surface area (Å²) < 4.78 is 1.26. The Morgan fingerprint density at radius 3 is 2.50 bits per heavy atom. The summed E-state index contributed by atoms with van der Waals surface area (Å²) in [7, 11) is 1.48. The van der Waals surface area contributed by atoms with Gasteiger partial charge in [-0.2, -0.15) is 0 Å². The molecule has 4 aromatic rings. The van der Waals surface area contributed by atoms with E-state index in [1.54, 1.807) is 24.3 Å². The maximum absolute atomic E-state index is 13.1. The fourth-order valence-corrected chi connectivity index (χ4v) is 3.97. The van der Waals surface area contributed by atoms with E-state index in [4.69, 9.17) is 5.21 Å². The van der Waals surface area contributed by atoms with Crippen LogP contribution < -0.4 is 32.3 Å². The molecule has 0 aliphatic heterocycles. The number of para-hydroxylation sites is 1. The van der Waals surface area contributed by atoms with Gasteiger partial charge in [0.15, 0.2) is 0 Å². The summed E-state index contributed by atoms with van der Waals surface area (Å²) in [6.45, 7) is 0. The van der Waals surface area contributed by atoms with Crippen LogP contribution in [0.15, 0.2) is 50.5 Å². The highest BCUT2D eigenvalue weighted by atomic mass is 79.9. The zero-order chi connectivity index (χ0) is 24.7. The summed E-state index contributed by atoms with van der Waals surface area (Å²) in [6, 6.07) is 8.36. The Kier molecular flexibility index (Phi) is 5.74. The molecule has 0 unspecified atom stereocenters. The maximum atomic E-state index is 13.1. The summed E-state index contributed by atoms with van der Waals surface area (Å²) in [5.74, 6) is -0.619. The average molecular weight is 532 g/mol. The van der Waals surface area contributed by atoms with Crippen molar-refractivity contribution in [3.63, 3.8) is 0 Å². The number of halogens is 1. The third-order valence-corrected chi connectivity index (χ3v) is 5.69. The Morgan fingerprint density at radius 2 is 1.82 bits per heavy atom. The fourth-order valence-electron chi connectivity index (χ4n) is 3.43. The smallest absolute Gasteiger partial charge is 0.297 e. The number of hydrogen-bond acceptors (Lipinski definition) is 10. The van der Waals surface area contributed by atoms with Gasteiger partial charge in [0.1, 0.15) is 11.4 Å².